The maximum Gasteiger partial charge on any atom is 0.0159 e. The summed E-state index contributed by atoms with van der Waals surface area (Å²) >= 11 is 0. The highest BCUT2D eigenvalue weighted by Gasteiger charge is 2.36. The minimum atomic E-state index is 0.0224. The van der Waals surface area contributed by atoms with Crippen molar-refractivity contribution in [3.63, 3.8) is 0 Å². The fourth-order valence-electron chi connectivity index (χ4n) is 5.01. The molecular weight excluding hydrogens is 372 g/mol. The van der Waals surface area contributed by atoms with Crippen molar-refractivity contribution in [3.05, 3.63) is 96.1 Å². The summed E-state index contributed by atoms with van der Waals surface area (Å²) in [5.74, 6) is 0. The van der Waals surface area contributed by atoms with E-state index in [0.29, 0.717) is 0 Å². The van der Waals surface area contributed by atoms with Crippen molar-refractivity contribution in [1.29, 1.82) is 0 Å². The molecule has 0 N–H and O–H groups in total. The summed E-state index contributed by atoms with van der Waals surface area (Å²) in [7, 11) is 0. The van der Waals surface area contributed by atoms with Gasteiger partial charge in [0.1, 0.15) is 0 Å². The van der Waals surface area contributed by atoms with Crippen LogP contribution in [0.25, 0.3) is 43.4 Å². The van der Waals surface area contributed by atoms with E-state index < -0.39 is 0 Å². The van der Waals surface area contributed by atoms with Gasteiger partial charge in [-0.15, -0.1) is 0 Å². The maximum absolute atomic E-state index is 2.44. The first-order valence-corrected chi connectivity index (χ1v) is 11.6. The van der Waals surface area contributed by atoms with Crippen LogP contribution in [0.4, 0.5) is 0 Å². The highest BCUT2D eigenvalue weighted by Crippen LogP contribution is 2.52. The highest BCUT2D eigenvalue weighted by atomic mass is 14.4. The Morgan fingerprint density at radius 1 is 0.484 bits per heavy atom. The first-order chi connectivity index (χ1) is 15.1. The van der Waals surface area contributed by atoms with E-state index in [1.807, 2.05) is 27.7 Å². The lowest BCUT2D eigenvalue weighted by Gasteiger charge is -2.22. The minimum absolute atomic E-state index is 0.0224. The third kappa shape index (κ3) is 3.13. The van der Waals surface area contributed by atoms with Crippen molar-refractivity contribution in [2.75, 3.05) is 0 Å². The average Bonchev–Trinajstić information content (AvgIpc) is 3.07. The van der Waals surface area contributed by atoms with Gasteiger partial charge in [0.2, 0.25) is 0 Å². The summed E-state index contributed by atoms with van der Waals surface area (Å²) in [5, 5.41) is 8.00. The molecule has 0 saturated carbocycles. The summed E-state index contributed by atoms with van der Waals surface area (Å²) in [6.07, 6.45) is 0. The lowest BCUT2D eigenvalue weighted by molar-refractivity contribution is 0.661. The fraction of sp³-hybridized carbons (Fsp3) is 0.226. The van der Waals surface area contributed by atoms with Gasteiger partial charge in [-0.2, -0.15) is 0 Å². The Morgan fingerprint density at radius 3 is 1.74 bits per heavy atom. The van der Waals surface area contributed by atoms with E-state index in [0.717, 1.165) is 0 Å². The molecule has 156 valence electrons. The van der Waals surface area contributed by atoms with Crippen molar-refractivity contribution < 1.29 is 0 Å². The summed E-state index contributed by atoms with van der Waals surface area (Å²) in [6.45, 7) is 12.7. The zero-order valence-electron chi connectivity index (χ0n) is 19.6. The van der Waals surface area contributed by atoms with Crippen molar-refractivity contribution in [2.45, 2.75) is 47.0 Å². The van der Waals surface area contributed by atoms with Crippen LogP contribution in [0.1, 0.15) is 52.7 Å². The van der Waals surface area contributed by atoms with Crippen LogP contribution < -0.4 is 0 Å². The molecule has 0 atom stereocenters. The Bertz CT molecular complexity index is 1390. The van der Waals surface area contributed by atoms with E-state index >= 15 is 0 Å². The van der Waals surface area contributed by atoms with E-state index in [-0.39, 0.29) is 5.41 Å². The zero-order valence-corrected chi connectivity index (χ0v) is 19.6. The predicted molar refractivity (Wildman–Crippen MR) is 139 cm³/mol. The first kappa shape index (κ1) is 21.1. The molecule has 1 aliphatic carbocycles. The van der Waals surface area contributed by atoms with Gasteiger partial charge in [0.15, 0.2) is 0 Å². The molecule has 0 nitrogen and oxygen atoms in total. The van der Waals surface area contributed by atoms with Crippen molar-refractivity contribution >= 4 is 32.3 Å². The molecule has 0 aliphatic heterocycles. The van der Waals surface area contributed by atoms with Gasteiger partial charge < -0.3 is 0 Å². The van der Waals surface area contributed by atoms with E-state index in [1.54, 1.807) is 0 Å². The minimum Gasteiger partial charge on any atom is -0.0683 e. The molecule has 6 rings (SSSR count). The third-order valence-electron chi connectivity index (χ3n) is 6.43. The van der Waals surface area contributed by atoms with E-state index in [1.165, 1.54) is 54.6 Å². The first-order valence-electron chi connectivity index (χ1n) is 11.6. The molecule has 0 heterocycles. The standard InChI is InChI=1S/C27H20.2C2H6/c1-27(2)24-14-13-18-8-4-6-10-21(18)26(24)23-16-22-19(15-25(23)27)12-11-17-7-3-5-9-20(17)22;2*1-2/h3-16H,1-2H3;2*1-2H3. The molecule has 31 heavy (non-hydrogen) atoms. The van der Waals surface area contributed by atoms with Crippen LogP contribution >= 0.6 is 0 Å². The second-order valence-corrected chi connectivity index (χ2v) is 8.24. The predicted octanol–water partition coefficient (Wildman–Crippen LogP) is 9.50. The number of fused-ring (bicyclic) bond motifs is 8. The second kappa shape index (κ2) is 8.19. The summed E-state index contributed by atoms with van der Waals surface area (Å²) < 4.78 is 0. The van der Waals surface area contributed by atoms with Crippen LogP contribution in [0.3, 0.4) is 0 Å². The van der Waals surface area contributed by atoms with Crippen molar-refractivity contribution in [1.82, 2.24) is 0 Å². The summed E-state index contributed by atoms with van der Waals surface area (Å²) in [4.78, 5) is 0. The van der Waals surface area contributed by atoms with Gasteiger partial charge in [-0.25, -0.2) is 0 Å². The Labute approximate surface area is 186 Å². The molecule has 0 radical (unpaired) electrons. The Kier molecular flexibility index (Phi) is 5.58. The van der Waals surface area contributed by atoms with E-state index in [2.05, 4.69) is 98.8 Å². The number of benzene rings is 5. The normalized spacial score (nSPS) is 13.1. The summed E-state index contributed by atoms with van der Waals surface area (Å²) in [5.41, 5.74) is 5.72. The Hall–Kier alpha value is -3.12. The molecule has 0 aromatic heterocycles. The van der Waals surface area contributed by atoms with Gasteiger partial charge >= 0.3 is 0 Å². The molecule has 0 saturated heterocycles. The molecule has 1 aliphatic rings. The van der Waals surface area contributed by atoms with Gasteiger partial charge in [0.05, 0.1) is 0 Å². The van der Waals surface area contributed by atoms with Gasteiger partial charge in [0, 0.05) is 5.41 Å². The molecule has 0 spiro atoms. The monoisotopic (exact) mass is 404 g/mol. The molecule has 0 heteroatoms. The van der Waals surface area contributed by atoms with Gasteiger partial charge in [0.25, 0.3) is 0 Å². The van der Waals surface area contributed by atoms with E-state index in [9.17, 15) is 0 Å². The molecular formula is C31H32. The lowest BCUT2D eigenvalue weighted by atomic mass is 9.81. The van der Waals surface area contributed by atoms with Crippen LogP contribution in [-0.2, 0) is 5.41 Å². The number of hydrogen-bond donors (Lipinski definition) is 0. The quantitative estimate of drug-likeness (QED) is 0.225. The van der Waals surface area contributed by atoms with Crippen LogP contribution in [0.15, 0.2) is 84.9 Å². The highest BCUT2D eigenvalue weighted by molar-refractivity contribution is 6.12. The van der Waals surface area contributed by atoms with Crippen molar-refractivity contribution in [2.24, 2.45) is 0 Å². The third-order valence-corrected chi connectivity index (χ3v) is 6.43. The zero-order chi connectivity index (χ0) is 22.2. The topological polar surface area (TPSA) is 0 Å². The molecule has 0 fully saturated rings. The van der Waals surface area contributed by atoms with Gasteiger partial charge in [-0.3, -0.25) is 0 Å². The number of hydrogen-bond acceptors (Lipinski definition) is 0. The second-order valence-electron chi connectivity index (χ2n) is 8.24. The SMILES string of the molecule is CC.CC.CC1(C)c2cc3ccc4ccccc4c3cc2-c2c1ccc1ccccc21. The molecule has 0 amide bonds. The fourth-order valence-corrected chi connectivity index (χ4v) is 5.01. The number of rotatable bonds is 0. The van der Waals surface area contributed by atoms with Crippen LogP contribution in [-0.4, -0.2) is 0 Å². The molecule has 5 aromatic rings. The lowest BCUT2D eigenvalue weighted by Crippen LogP contribution is -2.14. The average molecular weight is 405 g/mol. The van der Waals surface area contributed by atoms with E-state index in [4.69, 9.17) is 0 Å². The van der Waals surface area contributed by atoms with Gasteiger partial charge in [-0.05, 0) is 66.7 Å². The molecule has 5 aromatic carbocycles. The smallest absolute Gasteiger partial charge is 0.0159 e. The van der Waals surface area contributed by atoms with Crippen LogP contribution in [0.5, 0.6) is 0 Å². The molecule has 0 bridgehead atoms. The summed E-state index contributed by atoms with van der Waals surface area (Å²) in [6, 6.07) is 31.5. The largest absolute Gasteiger partial charge is 0.0683 e. The van der Waals surface area contributed by atoms with Crippen LogP contribution in [0, 0.1) is 0 Å². The Morgan fingerprint density at radius 2 is 1.03 bits per heavy atom. The maximum atomic E-state index is 2.44. The van der Waals surface area contributed by atoms with Gasteiger partial charge in [-0.1, -0.05) is 114 Å². The van der Waals surface area contributed by atoms with Crippen molar-refractivity contribution in [3.8, 4) is 11.1 Å². The van der Waals surface area contributed by atoms with Crippen LogP contribution in [0.2, 0.25) is 0 Å². The molecule has 0 unspecified atom stereocenters. The Balaban J connectivity index is 0.000000549.